The summed E-state index contributed by atoms with van der Waals surface area (Å²) in [5.41, 5.74) is 5.71. The van der Waals surface area contributed by atoms with E-state index >= 15 is 0 Å². The number of aliphatic hydroxyl groups is 1. The lowest BCUT2D eigenvalue weighted by Gasteiger charge is -2.15. The third-order valence-corrected chi connectivity index (χ3v) is 4.95. The molecule has 0 saturated carbocycles. The molecule has 0 aliphatic carbocycles. The normalized spacial score (nSPS) is 10.7. The highest BCUT2D eigenvalue weighted by molar-refractivity contribution is 9.10. The van der Waals surface area contributed by atoms with Gasteiger partial charge in [-0.25, -0.2) is 4.98 Å². The fraction of sp³-hybridized carbons (Fsp3) is 0.238. The van der Waals surface area contributed by atoms with Crippen LogP contribution >= 0.6 is 15.9 Å². The van der Waals surface area contributed by atoms with Gasteiger partial charge in [-0.3, -0.25) is 0 Å². The van der Waals surface area contributed by atoms with Crippen molar-refractivity contribution in [3.05, 3.63) is 68.8 Å². The van der Waals surface area contributed by atoms with Crippen LogP contribution in [0.15, 0.2) is 40.9 Å². The zero-order valence-electron chi connectivity index (χ0n) is 15.8. The third-order valence-electron chi connectivity index (χ3n) is 4.15. The summed E-state index contributed by atoms with van der Waals surface area (Å²) < 4.78 is 6.66. The van der Waals surface area contributed by atoms with Crippen molar-refractivity contribution in [3.8, 4) is 11.6 Å². The summed E-state index contributed by atoms with van der Waals surface area (Å²) in [6, 6.07) is 12.0. The summed E-state index contributed by atoms with van der Waals surface area (Å²) in [6.45, 7) is 7.86. The fourth-order valence-electron chi connectivity index (χ4n) is 2.89. The third kappa shape index (κ3) is 4.46. The van der Waals surface area contributed by atoms with E-state index in [0.29, 0.717) is 22.0 Å². The molecule has 3 aromatic rings. The first-order chi connectivity index (χ1) is 12.9. The number of aryl methyl sites for hydroxylation is 4. The van der Waals surface area contributed by atoms with E-state index in [1.54, 1.807) is 0 Å². The second-order valence-corrected chi connectivity index (χ2v) is 7.39. The number of hydrogen-bond donors (Lipinski definition) is 2. The van der Waals surface area contributed by atoms with Crippen molar-refractivity contribution in [2.24, 2.45) is 0 Å². The molecule has 2 aromatic carbocycles. The number of anilines is 2. The highest BCUT2D eigenvalue weighted by Crippen LogP contribution is 2.35. The lowest BCUT2D eigenvalue weighted by molar-refractivity contribution is 0.275. The number of aromatic nitrogens is 2. The number of hydrogen-bond acceptors (Lipinski definition) is 5. The molecule has 0 aliphatic rings. The van der Waals surface area contributed by atoms with E-state index in [1.165, 1.54) is 11.1 Å². The molecule has 0 aliphatic heterocycles. The summed E-state index contributed by atoms with van der Waals surface area (Å²) in [5, 5.41) is 12.8. The molecule has 140 valence electrons. The zero-order chi connectivity index (χ0) is 19.6. The molecule has 0 fully saturated rings. The zero-order valence-corrected chi connectivity index (χ0v) is 17.4. The average Bonchev–Trinajstić information content (AvgIpc) is 2.62. The van der Waals surface area contributed by atoms with E-state index in [9.17, 15) is 5.11 Å². The molecule has 0 unspecified atom stereocenters. The molecule has 27 heavy (non-hydrogen) atoms. The molecule has 0 saturated heterocycles. The summed E-state index contributed by atoms with van der Waals surface area (Å²) in [6.07, 6.45) is 0. The molecule has 0 bridgehead atoms. The van der Waals surface area contributed by atoms with Crippen molar-refractivity contribution < 1.29 is 9.84 Å². The van der Waals surface area contributed by atoms with Crippen LogP contribution in [0.3, 0.4) is 0 Å². The van der Waals surface area contributed by atoms with Crippen LogP contribution in [0.1, 0.15) is 27.9 Å². The minimum Gasteiger partial charge on any atom is -0.437 e. The smallest absolute Gasteiger partial charge is 0.238 e. The summed E-state index contributed by atoms with van der Waals surface area (Å²) >= 11 is 3.45. The first-order valence-electron chi connectivity index (χ1n) is 8.64. The Balaban J connectivity index is 1.98. The Bertz CT molecular complexity index is 949. The van der Waals surface area contributed by atoms with Crippen molar-refractivity contribution in [2.45, 2.75) is 34.3 Å². The van der Waals surface area contributed by atoms with Gasteiger partial charge in [0.1, 0.15) is 10.2 Å². The summed E-state index contributed by atoms with van der Waals surface area (Å²) in [7, 11) is 0. The van der Waals surface area contributed by atoms with Gasteiger partial charge >= 0.3 is 0 Å². The minimum atomic E-state index is -0.228. The Labute approximate surface area is 167 Å². The van der Waals surface area contributed by atoms with E-state index in [2.05, 4.69) is 50.3 Å². The molecule has 1 heterocycles. The largest absolute Gasteiger partial charge is 0.437 e. The molecule has 0 amide bonds. The van der Waals surface area contributed by atoms with E-state index < -0.39 is 0 Å². The predicted molar refractivity (Wildman–Crippen MR) is 111 cm³/mol. The molecule has 1 aromatic heterocycles. The van der Waals surface area contributed by atoms with E-state index in [4.69, 9.17) is 4.74 Å². The van der Waals surface area contributed by atoms with Crippen LogP contribution in [0.4, 0.5) is 11.6 Å². The van der Waals surface area contributed by atoms with Crippen molar-refractivity contribution in [1.29, 1.82) is 0 Å². The molecular formula is C21H22BrN3O2. The van der Waals surface area contributed by atoms with Gasteiger partial charge in [0.2, 0.25) is 11.8 Å². The van der Waals surface area contributed by atoms with E-state index in [-0.39, 0.29) is 6.61 Å². The minimum absolute atomic E-state index is 0.228. The maximum absolute atomic E-state index is 9.68. The monoisotopic (exact) mass is 427 g/mol. The number of nitrogens with one attached hydrogen (secondary N) is 1. The van der Waals surface area contributed by atoms with Gasteiger partial charge in [0.15, 0.2) is 0 Å². The van der Waals surface area contributed by atoms with Crippen LogP contribution in [0.2, 0.25) is 0 Å². The van der Waals surface area contributed by atoms with Crippen LogP contribution < -0.4 is 10.1 Å². The van der Waals surface area contributed by atoms with Crippen LogP contribution in [0.25, 0.3) is 0 Å². The number of benzene rings is 2. The molecular weight excluding hydrogens is 406 g/mol. The maximum Gasteiger partial charge on any atom is 0.238 e. The van der Waals surface area contributed by atoms with Gasteiger partial charge in [-0.1, -0.05) is 35.4 Å². The Kier molecular flexibility index (Phi) is 5.77. The second-order valence-electron chi connectivity index (χ2n) is 6.59. The highest BCUT2D eigenvalue weighted by Gasteiger charge is 2.16. The van der Waals surface area contributed by atoms with Crippen LogP contribution in [0, 0.1) is 27.7 Å². The van der Waals surface area contributed by atoms with Crippen molar-refractivity contribution >= 4 is 27.6 Å². The molecule has 0 spiro atoms. The van der Waals surface area contributed by atoms with Gasteiger partial charge in [0.25, 0.3) is 0 Å². The standard InChI is InChI=1S/C21H22BrN3O2/c1-12-5-7-16(8-6-12)23-21-24-17(11-26)18(22)20(25-21)27-19-14(3)9-13(2)10-15(19)4/h5-10,26H,11H2,1-4H3,(H,23,24,25). The Morgan fingerprint density at radius 1 is 0.963 bits per heavy atom. The topological polar surface area (TPSA) is 67.3 Å². The molecule has 6 heteroatoms. The molecule has 3 rings (SSSR count). The van der Waals surface area contributed by atoms with E-state index in [1.807, 2.05) is 45.0 Å². The molecule has 5 nitrogen and oxygen atoms in total. The lowest BCUT2D eigenvalue weighted by Crippen LogP contribution is -2.05. The predicted octanol–water partition coefficient (Wildman–Crippen LogP) is 5.50. The van der Waals surface area contributed by atoms with Crippen LogP contribution in [-0.4, -0.2) is 15.1 Å². The molecule has 0 radical (unpaired) electrons. The number of ether oxygens (including phenoxy) is 1. The first-order valence-corrected chi connectivity index (χ1v) is 9.43. The van der Waals surface area contributed by atoms with Gasteiger partial charge < -0.3 is 15.2 Å². The highest BCUT2D eigenvalue weighted by atomic mass is 79.9. The fourth-order valence-corrected chi connectivity index (χ4v) is 3.27. The van der Waals surface area contributed by atoms with E-state index in [0.717, 1.165) is 22.6 Å². The summed E-state index contributed by atoms with van der Waals surface area (Å²) in [5.74, 6) is 1.48. The number of rotatable bonds is 5. The van der Waals surface area contributed by atoms with Crippen molar-refractivity contribution in [2.75, 3.05) is 5.32 Å². The Morgan fingerprint density at radius 3 is 2.19 bits per heavy atom. The quantitative estimate of drug-likeness (QED) is 0.562. The first kappa shape index (κ1) is 19.3. The van der Waals surface area contributed by atoms with Crippen molar-refractivity contribution in [1.82, 2.24) is 9.97 Å². The Hall–Kier alpha value is -2.44. The lowest BCUT2D eigenvalue weighted by atomic mass is 10.1. The SMILES string of the molecule is Cc1ccc(Nc2nc(CO)c(Br)c(Oc3c(C)cc(C)cc3C)n2)cc1. The van der Waals surface area contributed by atoms with Crippen LogP contribution in [0.5, 0.6) is 11.6 Å². The molecule has 0 atom stereocenters. The average molecular weight is 428 g/mol. The van der Waals surface area contributed by atoms with Gasteiger partial charge in [-0.2, -0.15) is 4.98 Å². The summed E-state index contributed by atoms with van der Waals surface area (Å²) in [4.78, 5) is 8.87. The van der Waals surface area contributed by atoms with Crippen LogP contribution in [-0.2, 0) is 6.61 Å². The Morgan fingerprint density at radius 2 is 1.59 bits per heavy atom. The molecule has 2 N–H and O–H groups in total. The second kappa shape index (κ2) is 8.06. The van der Waals surface area contributed by atoms with Gasteiger partial charge in [-0.15, -0.1) is 0 Å². The number of aliphatic hydroxyl groups excluding tert-OH is 1. The van der Waals surface area contributed by atoms with Crippen molar-refractivity contribution in [3.63, 3.8) is 0 Å². The number of nitrogens with zero attached hydrogens (tertiary/aromatic N) is 2. The maximum atomic E-state index is 9.68. The van der Waals surface area contributed by atoms with Gasteiger partial charge in [0.05, 0.1) is 12.3 Å². The van der Waals surface area contributed by atoms with Gasteiger partial charge in [0, 0.05) is 5.69 Å². The number of halogens is 1. The van der Waals surface area contributed by atoms with Gasteiger partial charge in [-0.05, 0) is 66.9 Å².